The van der Waals surface area contributed by atoms with Gasteiger partial charge in [0.05, 0.1) is 0 Å². The van der Waals surface area contributed by atoms with Gasteiger partial charge in [0.25, 0.3) is 0 Å². The van der Waals surface area contributed by atoms with Crippen molar-refractivity contribution in [3.63, 3.8) is 0 Å². The summed E-state index contributed by atoms with van der Waals surface area (Å²) in [5, 5.41) is 0. The Balaban J connectivity index is 1.56. The van der Waals surface area contributed by atoms with E-state index < -0.39 is 0 Å². The van der Waals surface area contributed by atoms with E-state index in [4.69, 9.17) is 4.74 Å². The Kier molecular flexibility index (Phi) is 4.29. The van der Waals surface area contributed by atoms with E-state index in [9.17, 15) is 9.59 Å². The molecule has 2 aliphatic heterocycles. The van der Waals surface area contributed by atoms with Crippen LogP contribution in [0.4, 0.5) is 4.79 Å². The molecule has 0 N–H and O–H groups in total. The zero-order valence-electron chi connectivity index (χ0n) is 12.8. The molecular weight excluding hydrogens is 282 g/mol. The number of piperazine rings is 2. The molecule has 2 saturated heterocycles. The molecule has 6 nitrogen and oxygen atoms in total. The van der Waals surface area contributed by atoms with Crippen molar-refractivity contribution in [1.29, 1.82) is 0 Å². The maximum absolute atomic E-state index is 12.2. The molecule has 1 atom stereocenters. The van der Waals surface area contributed by atoms with Crippen LogP contribution in [0.15, 0.2) is 30.3 Å². The fourth-order valence-electron chi connectivity index (χ4n) is 2.94. The van der Waals surface area contributed by atoms with E-state index in [1.54, 1.807) is 9.80 Å². The third-order valence-electron chi connectivity index (χ3n) is 4.34. The molecule has 22 heavy (non-hydrogen) atoms. The number of ether oxygens (including phenoxy) is 1. The van der Waals surface area contributed by atoms with Crippen LogP contribution in [-0.2, 0) is 16.1 Å². The Labute approximate surface area is 130 Å². The summed E-state index contributed by atoms with van der Waals surface area (Å²) in [5.74, 6) is 0.0896. The number of amides is 2. The summed E-state index contributed by atoms with van der Waals surface area (Å²) in [7, 11) is 1.81. The first-order valence-electron chi connectivity index (χ1n) is 7.60. The number of carbonyl (C=O) groups excluding carboxylic acids is 2. The minimum Gasteiger partial charge on any atom is -0.445 e. The zero-order chi connectivity index (χ0) is 15.5. The summed E-state index contributed by atoms with van der Waals surface area (Å²) in [6.07, 6.45) is -0.343. The summed E-state index contributed by atoms with van der Waals surface area (Å²) >= 11 is 0. The molecule has 0 bridgehead atoms. The molecule has 6 heteroatoms. The van der Waals surface area contributed by atoms with Crippen molar-refractivity contribution in [3.8, 4) is 0 Å². The lowest BCUT2D eigenvalue weighted by Gasteiger charge is -2.45. The monoisotopic (exact) mass is 303 g/mol. The standard InChI is InChI=1S/C16H21N3O3/c1-17-7-8-18-9-10-19(11-14(18)15(17)20)16(21)22-12-13-5-3-2-4-6-13/h2-6,14H,7-12H2,1H3. The second-order valence-corrected chi connectivity index (χ2v) is 5.80. The molecule has 2 aliphatic rings. The fourth-order valence-corrected chi connectivity index (χ4v) is 2.94. The fraction of sp³-hybridized carbons (Fsp3) is 0.500. The SMILES string of the molecule is CN1CCN2CCN(C(=O)OCc3ccccc3)CC2C1=O. The molecule has 1 unspecified atom stereocenters. The maximum Gasteiger partial charge on any atom is 0.410 e. The van der Waals surface area contributed by atoms with Gasteiger partial charge >= 0.3 is 6.09 Å². The lowest BCUT2D eigenvalue weighted by molar-refractivity contribution is -0.142. The Morgan fingerprint density at radius 1 is 1.18 bits per heavy atom. The maximum atomic E-state index is 12.2. The number of carbonyl (C=O) groups is 2. The average molecular weight is 303 g/mol. The topological polar surface area (TPSA) is 53.1 Å². The molecule has 0 aliphatic carbocycles. The van der Waals surface area contributed by atoms with Crippen LogP contribution in [0.5, 0.6) is 0 Å². The predicted molar refractivity (Wildman–Crippen MR) is 81.2 cm³/mol. The highest BCUT2D eigenvalue weighted by Gasteiger charge is 2.38. The number of hydrogen-bond donors (Lipinski definition) is 0. The van der Waals surface area contributed by atoms with E-state index in [2.05, 4.69) is 4.90 Å². The van der Waals surface area contributed by atoms with Gasteiger partial charge in [-0.15, -0.1) is 0 Å². The van der Waals surface area contributed by atoms with E-state index in [1.165, 1.54) is 0 Å². The first-order chi connectivity index (χ1) is 10.6. The van der Waals surface area contributed by atoms with Gasteiger partial charge in [-0.25, -0.2) is 4.79 Å². The van der Waals surface area contributed by atoms with Crippen LogP contribution in [0.1, 0.15) is 5.56 Å². The molecular formula is C16H21N3O3. The lowest BCUT2D eigenvalue weighted by atomic mass is 10.1. The summed E-state index contributed by atoms with van der Waals surface area (Å²) in [4.78, 5) is 29.9. The smallest absolute Gasteiger partial charge is 0.410 e. The van der Waals surface area contributed by atoms with Gasteiger partial charge in [-0.2, -0.15) is 0 Å². The van der Waals surface area contributed by atoms with Crippen LogP contribution in [-0.4, -0.2) is 72.5 Å². The van der Waals surface area contributed by atoms with Crippen molar-refractivity contribution in [1.82, 2.24) is 14.7 Å². The highest BCUT2D eigenvalue weighted by atomic mass is 16.6. The normalized spacial score (nSPS) is 22.4. The van der Waals surface area contributed by atoms with Crippen molar-refractivity contribution in [2.24, 2.45) is 0 Å². The molecule has 0 saturated carbocycles. The third-order valence-corrected chi connectivity index (χ3v) is 4.34. The van der Waals surface area contributed by atoms with Crippen molar-refractivity contribution in [2.75, 3.05) is 39.8 Å². The summed E-state index contributed by atoms with van der Waals surface area (Å²) in [6, 6.07) is 9.37. The van der Waals surface area contributed by atoms with Gasteiger partial charge in [-0.1, -0.05) is 30.3 Å². The Hall–Kier alpha value is -2.08. The van der Waals surface area contributed by atoms with Crippen LogP contribution in [0.2, 0.25) is 0 Å². The molecule has 2 fully saturated rings. The number of likely N-dealkylation sites (N-methyl/N-ethyl adjacent to an activating group) is 1. The highest BCUT2D eigenvalue weighted by Crippen LogP contribution is 2.17. The average Bonchev–Trinajstić information content (AvgIpc) is 2.57. The van der Waals surface area contributed by atoms with Crippen LogP contribution in [0, 0.1) is 0 Å². The van der Waals surface area contributed by atoms with E-state index in [0.29, 0.717) is 13.1 Å². The lowest BCUT2D eigenvalue weighted by Crippen LogP contribution is -2.64. The van der Waals surface area contributed by atoms with Gasteiger partial charge in [-0.05, 0) is 5.56 Å². The second kappa shape index (κ2) is 6.36. The highest BCUT2D eigenvalue weighted by molar-refractivity contribution is 5.83. The van der Waals surface area contributed by atoms with Crippen LogP contribution < -0.4 is 0 Å². The van der Waals surface area contributed by atoms with Gasteiger partial charge in [-0.3, -0.25) is 9.69 Å². The Bertz CT molecular complexity index is 549. The first-order valence-corrected chi connectivity index (χ1v) is 7.60. The van der Waals surface area contributed by atoms with E-state index in [-0.39, 0.29) is 24.6 Å². The molecule has 118 valence electrons. The Morgan fingerprint density at radius 3 is 2.68 bits per heavy atom. The van der Waals surface area contributed by atoms with Crippen molar-refractivity contribution in [3.05, 3.63) is 35.9 Å². The van der Waals surface area contributed by atoms with E-state index in [1.807, 2.05) is 37.4 Å². The van der Waals surface area contributed by atoms with Gasteiger partial charge in [0, 0.05) is 39.8 Å². The van der Waals surface area contributed by atoms with E-state index in [0.717, 1.165) is 25.2 Å². The molecule has 0 radical (unpaired) electrons. The number of hydrogen-bond acceptors (Lipinski definition) is 4. The molecule has 0 spiro atoms. The molecule has 2 amide bonds. The van der Waals surface area contributed by atoms with Crippen molar-refractivity contribution >= 4 is 12.0 Å². The molecule has 1 aromatic rings. The molecule has 2 heterocycles. The van der Waals surface area contributed by atoms with Crippen molar-refractivity contribution < 1.29 is 14.3 Å². The summed E-state index contributed by atoms with van der Waals surface area (Å²) < 4.78 is 5.35. The quantitative estimate of drug-likeness (QED) is 0.810. The van der Waals surface area contributed by atoms with Crippen LogP contribution >= 0.6 is 0 Å². The molecule has 1 aromatic carbocycles. The zero-order valence-corrected chi connectivity index (χ0v) is 12.8. The van der Waals surface area contributed by atoms with Gasteiger partial charge in [0.2, 0.25) is 5.91 Å². The minimum atomic E-state index is -0.343. The van der Waals surface area contributed by atoms with Gasteiger partial charge < -0.3 is 14.5 Å². The van der Waals surface area contributed by atoms with Crippen LogP contribution in [0.3, 0.4) is 0 Å². The summed E-state index contributed by atoms with van der Waals surface area (Å²) in [6.45, 7) is 3.65. The number of fused-ring (bicyclic) bond motifs is 1. The van der Waals surface area contributed by atoms with Gasteiger partial charge in [0.1, 0.15) is 12.6 Å². The number of rotatable bonds is 2. The third kappa shape index (κ3) is 3.06. The number of nitrogens with zero attached hydrogens (tertiary/aromatic N) is 3. The first kappa shape index (κ1) is 14.8. The number of benzene rings is 1. The largest absolute Gasteiger partial charge is 0.445 e. The Morgan fingerprint density at radius 2 is 1.91 bits per heavy atom. The second-order valence-electron chi connectivity index (χ2n) is 5.80. The van der Waals surface area contributed by atoms with Crippen LogP contribution in [0.25, 0.3) is 0 Å². The van der Waals surface area contributed by atoms with Crippen molar-refractivity contribution in [2.45, 2.75) is 12.6 Å². The molecule has 3 rings (SSSR count). The minimum absolute atomic E-state index is 0.0896. The predicted octanol–water partition coefficient (Wildman–Crippen LogP) is 0.781. The van der Waals surface area contributed by atoms with Gasteiger partial charge in [0.15, 0.2) is 0 Å². The molecule has 0 aromatic heterocycles. The summed E-state index contributed by atoms with van der Waals surface area (Å²) in [5.41, 5.74) is 0.961. The van der Waals surface area contributed by atoms with E-state index >= 15 is 0 Å².